The molecular formula is C11H13Cl4NO3. The average Bonchev–Trinajstić information content (AvgIpc) is 2.63. The highest BCUT2D eigenvalue weighted by molar-refractivity contribution is 6.52. The van der Waals surface area contributed by atoms with Crippen molar-refractivity contribution in [2.75, 3.05) is 14.2 Å². The van der Waals surface area contributed by atoms with Gasteiger partial charge in [0.15, 0.2) is 0 Å². The van der Waals surface area contributed by atoms with Gasteiger partial charge in [-0.15, -0.1) is 28.4 Å². The fraction of sp³-hybridized carbons (Fsp3) is 0.727. The molecule has 4 unspecified atom stereocenters. The topological polar surface area (TPSA) is 51.0 Å². The van der Waals surface area contributed by atoms with Crippen LogP contribution < -0.4 is 0 Å². The van der Waals surface area contributed by atoms with Gasteiger partial charge in [0.2, 0.25) is 5.79 Å². The van der Waals surface area contributed by atoms with Crippen molar-refractivity contribution in [1.29, 1.82) is 0 Å². The number of rotatable bonds is 3. The number of oxime groups is 1. The summed E-state index contributed by atoms with van der Waals surface area (Å²) >= 11 is 25.9. The van der Waals surface area contributed by atoms with Crippen LogP contribution in [0.15, 0.2) is 15.2 Å². The molecule has 0 aromatic heterocycles. The van der Waals surface area contributed by atoms with Gasteiger partial charge in [-0.25, -0.2) is 0 Å². The molecule has 0 spiro atoms. The van der Waals surface area contributed by atoms with Crippen LogP contribution in [0, 0.1) is 11.8 Å². The molecule has 1 fully saturated rings. The van der Waals surface area contributed by atoms with Crippen LogP contribution in [0.2, 0.25) is 0 Å². The highest BCUT2D eigenvalue weighted by Gasteiger charge is 2.83. The van der Waals surface area contributed by atoms with Crippen LogP contribution in [0.4, 0.5) is 0 Å². The molecule has 4 nitrogen and oxygen atoms in total. The summed E-state index contributed by atoms with van der Waals surface area (Å²) in [5.74, 6) is -2.24. The summed E-state index contributed by atoms with van der Waals surface area (Å²) < 4.78 is 11.0. The molecule has 1 N–H and O–H groups in total. The first-order valence-electron chi connectivity index (χ1n) is 5.51. The van der Waals surface area contributed by atoms with Crippen LogP contribution in [0.3, 0.4) is 0 Å². The van der Waals surface area contributed by atoms with E-state index in [1.807, 2.05) is 6.92 Å². The van der Waals surface area contributed by atoms with Gasteiger partial charge >= 0.3 is 0 Å². The van der Waals surface area contributed by atoms with E-state index in [0.717, 1.165) is 0 Å². The van der Waals surface area contributed by atoms with Crippen molar-refractivity contribution in [2.45, 2.75) is 22.5 Å². The maximum Gasteiger partial charge on any atom is 0.218 e. The van der Waals surface area contributed by atoms with Crippen LogP contribution in [0.1, 0.15) is 6.92 Å². The van der Waals surface area contributed by atoms with Gasteiger partial charge in [-0.3, -0.25) is 0 Å². The second kappa shape index (κ2) is 4.65. The van der Waals surface area contributed by atoms with Crippen molar-refractivity contribution in [3.05, 3.63) is 10.1 Å². The van der Waals surface area contributed by atoms with E-state index in [-0.39, 0.29) is 16.0 Å². The number of methoxy groups -OCH3 is 2. The van der Waals surface area contributed by atoms with Crippen molar-refractivity contribution < 1.29 is 14.7 Å². The first kappa shape index (κ1) is 15.7. The van der Waals surface area contributed by atoms with Gasteiger partial charge in [0.05, 0.1) is 10.1 Å². The highest BCUT2D eigenvalue weighted by atomic mass is 35.5. The molecule has 2 bridgehead atoms. The molecule has 0 radical (unpaired) electrons. The molecule has 8 heteroatoms. The molecule has 2 rings (SSSR count). The summed E-state index contributed by atoms with van der Waals surface area (Å²) in [7, 11) is 2.84. The minimum absolute atomic E-state index is 0.150. The molecule has 19 heavy (non-hydrogen) atoms. The van der Waals surface area contributed by atoms with E-state index in [9.17, 15) is 0 Å². The molecule has 4 atom stereocenters. The van der Waals surface area contributed by atoms with Gasteiger partial charge in [0.1, 0.15) is 9.75 Å². The number of ether oxygens (including phenoxy) is 2. The predicted octanol–water partition coefficient (Wildman–Crippen LogP) is 3.36. The lowest BCUT2D eigenvalue weighted by Gasteiger charge is -2.41. The monoisotopic (exact) mass is 347 g/mol. The summed E-state index contributed by atoms with van der Waals surface area (Å²) in [5, 5.41) is 12.2. The highest BCUT2D eigenvalue weighted by Crippen LogP contribution is 2.73. The Balaban J connectivity index is 2.77. The number of hydrogen-bond donors (Lipinski definition) is 1. The normalized spacial score (nSPS) is 44.6. The first-order chi connectivity index (χ1) is 8.79. The zero-order chi connectivity index (χ0) is 14.6. The molecule has 0 saturated heterocycles. The van der Waals surface area contributed by atoms with Crippen LogP contribution >= 0.6 is 46.4 Å². The van der Waals surface area contributed by atoms with E-state index in [4.69, 9.17) is 61.1 Å². The quantitative estimate of drug-likeness (QED) is 0.280. The molecule has 0 amide bonds. The largest absolute Gasteiger partial charge is 0.411 e. The summed E-state index contributed by atoms with van der Waals surface area (Å²) in [6, 6.07) is 0. The Morgan fingerprint density at radius 1 is 1.16 bits per heavy atom. The molecular weight excluding hydrogens is 336 g/mol. The third-order valence-corrected chi connectivity index (χ3v) is 6.95. The zero-order valence-corrected chi connectivity index (χ0v) is 13.5. The molecule has 2 aliphatic rings. The molecule has 0 aliphatic heterocycles. The van der Waals surface area contributed by atoms with Crippen LogP contribution in [-0.2, 0) is 9.47 Å². The smallest absolute Gasteiger partial charge is 0.218 e. The van der Waals surface area contributed by atoms with Crippen molar-refractivity contribution in [2.24, 2.45) is 17.0 Å². The fourth-order valence-electron chi connectivity index (χ4n) is 3.31. The molecule has 1 saturated carbocycles. The number of hydrogen-bond acceptors (Lipinski definition) is 4. The summed E-state index contributed by atoms with van der Waals surface area (Å²) in [6.45, 7) is 1.82. The summed E-state index contributed by atoms with van der Waals surface area (Å²) in [4.78, 5) is -2.59. The van der Waals surface area contributed by atoms with Gasteiger partial charge < -0.3 is 14.7 Å². The van der Waals surface area contributed by atoms with Gasteiger partial charge in [-0.05, 0) is 5.92 Å². The van der Waals surface area contributed by atoms with E-state index in [1.54, 1.807) is 0 Å². The minimum Gasteiger partial charge on any atom is -0.411 e. The summed E-state index contributed by atoms with van der Waals surface area (Å²) in [6.07, 6.45) is 1.28. The fourth-order valence-corrected chi connectivity index (χ4v) is 5.48. The molecule has 0 aromatic carbocycles. The predicted molar refractivity (Wildman–Crippen MR) is 75.6 cm³/mol. The van der Waals surface area contributed by atoms with Crippen LogP contribution in [0.25, 0.3) is 0 Å². The first-order valence-corrected chi connectivity index (χ1v) is 7.02. The van der Waals surface area contributed by atoms with E-state index < -0.39 is 21.5 Å². The lowest BCUT2D eigenvalue weighted by Crippen LogP contribution is -2.57. The Labute approximate surface area is 131 Å². The molecule has 108 valence electrons. The maximum atomic E-state index is 8.83. The minimum atomic E-state index is -1.44. The lowest BCUT2D eigenvalue weighted by atomic mass is 9.84. The Kier molecular flexibility index (Phi) is 3.84. The standard InChI is InChI=1S/C11H13Cl4NO3/c1-5-6(4-16-17)10(15)8(13)7(12)9(5,14)11(10,18-2)19-3/h4-6,17H,1-3H3/b16-4+. The molecule has 2 aliphatic carbocycles. The van der Waals surface area contributed by atoms with Crippen molar-refractivity contribution >= 4 is 52.6 Å². The van der Waals surface area contributed by atoms with E-state index in [1.165, 1.54) is 20.4 Å². The Morgan fingerprint density at radius 3 is 2.00 bits per heavy atom. The van der Waals surface area contributed by atoms with Gasteiger partial charge in [0.25, 0.3) is 0 Å². The third-order valence-electron chi connectivity index (χ3n) is 4.22. The SMILES string of the molecule is COC1(OC)C2(Cl)C(Cl)=C(Cl)C1(Cl)C(/C=N/O)C2C. The van der Waals surface area contributed by atoms with Crippen LogP contribution in [0.5, 0.6) is 0 Å². The van der Waals surface area contributed by atoms with Gasteiger partial charge in [0, 0.05) is 26.4 Å². The Morgan fingerprint density at radius 2 is 1.63 bits per heavy atom. The number of fused-ring (bicyclic) bond motifs is 2. The van der Waals surface area contributed by atoms with Crippen molar-refractivity contribution in [3.63, 3.8) is 0 Å². The van der Waals surface area contributed by atoms with Gasteiger partial charge in [-0.2, -0.15) is 0 Å². The van der Waals surface area contributed by atoms with Crippen LogP contribution in [-0.4, -0.2) is 41.2 Å². The van der Waals surface area contributed by atoms with Gasteiger partial charge in [-0.1, -0.05) is 30.1 Å². The Bertz CT molecular complexity index is 465. The summed E-state index contributed by atoms with van der Waals surface area (Å²) in [5.41, 5.74) is 0. The van der Waals surface area contributed by atoms with E-state index >= 15 is 0 Å². The Hall–Kier alpha value is 0.290. The lowest BCUT2D eigenvalue weighted by molar-refractivity contribution is -0.219. The third kappa shape index (κ3) is 1.38. The molecule has 0 aromatic rings. The maximum absolute atomic E-state index is 8.83. The van der Waals surface area contributed by atoms with Crippen molar-refractivity contribution in [3.8, 4) is 0 Å². The van der Waals surface area contributed by atoms with E-state index in [2.05, 4.69) is 5.16 Å². The number of alkyl halides is 2. The van der Waals surface area contributed by atoms with E-state index in [0.29, 0.717) is 0 Å². The zero-order valence-electron chi connectivity index (χ0n) is 10.5. The number of halogens is 4. The van der Waals surface area contributed by atoms with Crippen molar-refractivity contribution in [1.82, 2.24) is 0 Å². The molecule has 0 heterocycles. The second-order valence-electron chi connectivity index (χ2n) is 4.66. The average molecular weight is 349 g/mol. The second-order valence-corrected chi connectivity index (χ2v) is 6.60. The number of nitrogens with zero attached hydrogens (tertiary/aromatic N) is 1.